The van der Waals surface area contributed by atoms with Gasteiger partial charge in [0, 0.05) is 38.3 Å². The molecule has 0 saturated carbocycles. The summed E-state index contributed by atoms with van der Waals surface area (Å²) in [4.78, 5) is 9.99. The third-order valence-electron chi connectivity index (χ3n) is 5.73. The summed E-state index contributed by atoms with van der Waals surface area (Å²) in [6.07, 6.45) is 6.54. The smallest absolute Gasteiger partial charge is 0.191 e. The van der Waals surface area contributed by atoms with Gasteiger partial charge in [-0.1, -0.05) is 6.92 Å². The molecule has 0 aromatic heterocycles. The monoisotopic (exact) mass is 351 g/mol. The summed E-state index contributed by atoms with van der Waals surface area (Å²) in [5, 5.41) is 7.06. The van der Waals surface area contributed by atoms with E-state index in [0.717, 1.165) is 32.2 Å². The first-order valence-electron chi connectivity index (χ1n) is 10.4. The Morgan fingerprint density at radius 3 is 2.76 bits per heavy atom. The molecule has 3 rings (SSSR count). The Bertz CT molecular complexity index is 422. The third-order valence-corrected chi connectivity index (χ3v) is 5.73. The largest absolute Gasteiger partial charge is 0.373 e. The second kappa shape index (κ2) is 9.74. The highest BCUT2D eigenvalue weighted by Crippen LogP contribution is 2.22. The normalized spacial score (nSPS) is 29.6. The van der Waals surface area contributed by atoms with Gasteiger partial charge in [0.15, 0.2) is 5.96 Å². The number of morpholine rings is 1. The Hall–Kier alpha value is -0.850. The third kappa shape index (κ3) is 5.56. The lowest BCUT2D eigenvalue weighted by molar-refractivity contribution is -0.0432. The Morgan fingerprint density at radius 2 is 2.00 bits per heavy atom. The number of aliphatic imine (C=N–C) groups is 1. The molecule has 3 fully saturated rings. The molecule has 0 bridgehead atoms. The van der Waals surface area contributed by atoms with Crippen molar-refractivity contribution in [3.8, 4) is 0 Å². The SMILES string of the molecule is CCCN1CCC(NC(=NCC2CN3CCCC3CO2)NCC)CC1. The van der Waals surface area contributed by atoms with Crippen LogP contribution in [0.3, 0.4) is 0 Å². The number of guanidine groups is 1. The lowest BCUT2D eigenvalue weighted by atomic mass is 10.1. The highest BCUT2D eigenvalue weighted by atomic mass is 16.5. The summed E-state index contributed by atoms with van der Waals surface area (Å²) >= 11 is 0. The highest BCUT2D eigenvalue weighted by Gasteiger charge is 2.32. The molecule has 6 heteroatoms. The fourth-order valence-corrected chi connectivity index (χ4v) is 4.32. The van der Waals surface area contributed by atoms with Crippen molar-refractivity contribution in [1.82, 2.24) is 20.4 Å². The predicted molar refractivity (Wildman–Crippen MR) is 103 cm³/mol. The van der Waals surface area contributed by atoms with Crippen LogP contribution in [0.4, 0.5) is 0 Å². The molecular weight excluding hydrogens is 314 g/mol. The van der Waals surface area contributed by atoms with Gasteiger partial charge in [-0.25, -0.2) is 0 Å². The van der Waals surface area contributed by atoms with Gasteiger partial charge in [0.2, 0.25) is 0 Å². The van der Waals surface area contributed by atoms with Crippen LogP contribution in [0.2, 0.25) is 0 Å². The molecule has 0 spiro atoms. The van der Waals surface area contributed by atoms with Crippen LogP contribution in [0.5, 0.6) is 0 Å². The first-order valence-corrected chi connectivity index (χ1v) is 10.4. The van der Waals surface area contributed by atoms with Crippen LogP contribution >= 0.6 is 0 Å². The molecular formula is C19H37N5O. The summed E-state index contributed by atoms with van der Waals surface area (Å²) in [5.41, 5.74) is 0. The zero-order valence-electron chi connectivity index (χ0n) is 16.2. The maximum absolute atomic E-state index is 6.04. The van der Waals surface area contributed by atoms with Crippen LogP contribution < -0.4 is 10.6 Å². The predicted octanol–water partition coefficient (Wildman–Crippen LogP) is 1.28. The Balaban J connectivity index is 1.45. The number of ether oxygens (including phenoxy) is 1. The maximum Gasteiger partial charge on any atom is 0.191 e. The summed E-state index contributed by atoms with van der Waals surface area (Å²) in [7, 11) is 0. The van der Waals surface area contributed by atoms with Gasteiger partial charge in [-0.05, 0) is 52.1 Å². The minimum absolute atomic E-state index is 0.246. The number of hydrogen-bond donors (Lipinski definition) is 2. The molecule has 3 saturated heterocycles. The topological polar surface area (TPSA) is 52.1 Å². The van der Waals surface area contributed by atoms with E-state index in [1.165, 1.54) is 58.3 Å². The van der Waals surface area contributed by atoms with Gasteiger partial charge in [-0.3, -0.25) is 9.89 Å². The summed E-state index contributed by atoms with van der Waals surface area (Å²) in [5.74, 6) is 0.962. The lowest BCUT2D eigenvalue weighted by Crippen LogP contribution is -2.50. The van der Waals surface area contributed by atoms with Gasteiger partial charge in [0.1, 0.15) is 0 Å². The fraction of sp³-hybridized carbons (Fsp3) is 0.947. The van der Waals surface area contributed by atoms with Crippen LogP contribution in [0.1, 0.15) is 46.0 Å². The van der Waals surface area contributed by atoms with Crippen molar-refractivity contribution in [3.63, 3.8) is 0 Å². The molecule has 6 nitrogen and oxygen atoms in total. The zero-order valence-corrected chi connectivity index (χ0v) is 16.2. The van der Waals surface area contributed by atoms with Gasteiger partial charge >= 0.3 is 0 Å². The molecule has 3 heterocycles. The zero-order chi connectivity index (χ0) is 17.5. The van der Waals surface area contributed by atoms with Crippen molar-refractivity contribution >= 4 is 5.96 Å². The van der Waals surface area contributed by atoms with Crippen molar-refractivity contribution in [2.24, 2.45) is 4.99 Å². The molecule has 144 valence electrons. The summed E-state index contributed by atoms with van der Waals surface area (Å²) in [6, 6.07) is 1.21. The number of hydrogen-bond acceptors (Lipinski definition) is 4. The van der Waals surface area contributed by atoms with E-state index in [4.69, 9.17) is 9.73 Å². The first kappa shape index (κ1) is 18.9. The number of piperidine rings is 1. The van der Waals surface area contributed by atoms with Crippen LogP contribution in [-0.4, -0.2) is 86.4 Å². The Kier molecular flexibility index (Phi) is 7.37. The van der Waals surface area contributed by atoms with Gasteiger partial charge in [-0.2, -0.15) is 0 Å². The van der Waals surface area contributed by atoms with Crippen LogP contribution in [0, 0.1) is 0 Å². The Labute approximate surface area is 153 Å². The van der Waals surface area contributed by atoms with Gasteiger partial charge < -0.3 is 20.3 Å². The number of rotatable bonds is 6. The summed E-state index contributed by atoms with van der Waals surface area (Å²) in [6.45, 7) is 12.9. The molecule has 3 aliphatic heterocycles. The number of nitrogens with one attached hydrogen (secondary N) is 2. The molecule has 0 radical (unpaired) electrons. The van der Waals surface area contributed by atoms with Crippen molar-refractivity contribution in [2.45, 2.75) is 64.1 Å². The first-order chi connectivity index (χ1) is 12.3. The second-order valence-corrected chi connectivity index (χ2v) is 7.73. The minimum Gasteiger partial charge on any atom is -0.373 e. The van der Waals surface area contributed by atoms with Crippen molar-refractivity contribution in [3.05, 3.63) is 0 Å². The van der Waals surface area contributed by atoms with Crippen LogP contribution in [0.15, 0.2) is 4.99 Å². The van der Waals surface area contributed by atoms with E-state index < -0.39 is 0 Å². The second-order valence-electron chi connectivity index (χ2n) is 7.73. The van der Waals surface area contributed by atoms with Crippen molar-refractivity contribution in [1.29, 1.82) is 0 Å². The van der Waals surface area contributed by atoms with Crippen molar-refractivity contribution in [2.75, 3.05) is 52.4 Å². The molecule has 0 aromatic carbocycles. The fourth-order valence-electron chi connectivity index (χ4n) is 4.32. The molecule has 2 N–H and O–H groups in total. The van der Waals surface area contributed by atoms with Gasteiger partial charge in [0.25, 0.3) is 0 Å². The van der Waals surface area contributed by atoms with Gasteiger partial charge in [0.05, 0.1) is 19.3 Å². The van der Waals surface area contributed by atoms with Crippen molar-refractivity contribution < 1.29 is 4.74 Å². The summed E-state index contributed by atoms with van der Waals surface area (Å²) < 4.78 is 6.04. The number of likely N-dealkylation sites (tertiary alicyclic amines) is 1. The molecule has 0 aliphatic carbocycles. The standard InChI is InChI=1S/C19H37N5O/c1-3-9-23-11-7-16(8-12-23)22-19(20-4-2)21-13-18-14-24-10-5-6-17(24)15-25-18/h16-18H,3-15H2,1-2H3,(H2,20,21,22). The van der Waals surface area contributed by atoms with E-state index in [1.54, 1.807) is 0 Å². The molecule has 0 aromatic rings. The quantitative estimate of drug-likeness (QED) is 0.558. The minimum atomic E-state index is 0.246. The Morgan fingerprint density at radius 1 is 1.16 bits per heavy atom. The molecule has 0 amide bonds. The van der Waals surface area contributed by atoms with E-state index >= 15 is 0 Å². The lowest BCUT2D eigenvalue weighted by Gasteiger charge is -2.35. The number of fused-ring (bicyclic) bond motifs is 1. The average molecular weight is 352 g/mol. The highest BCUT2D eigenvalue weighted by molar-refractivity contribution is 5.80. The van der Waals surface area contributed by atoms with E-state index in [-0.39, 0.29) is 6.10 Å². The number of nitrogens with zero attached hydrogens (tertiary/aromatic N) is 3. The average Bonchev–Trinajstić information content (AvgIpc) is 3.09. The van der Waals surface area contributed by atoms with E-state index in [2.05, 4.69) is 34.3 Å². The van der Waals surface area contributed by atoms with E-state index in [0.29, 0.717) is 12.1 Å². The molecule has 3 aliphatic rings. The van der Waals surface area contributed by atoms with Crippen LogP contribution in [-0.2, 0) is 4.74 Å². The molecule has 25 heavy (non-hydrogen) atoms. The van der Waals surface area contributed by atoms with Crippen LogP contribution in [0.25, 0.3) is 0 Å². The van der Waals surface area contributed by atoms with Gasteiger partial charge in [-0.15, -0.1) is 0 Å². The molecule has 2 unspecified atom stereocenters. The maximum atomic E-state index is 6.04. The molecule has 2 atom stereocenters. The van der Waals surface area contributed by atoms with E-state index in [1.807, 2.05) is 0 Å². The van der Waals surface area contributed by atoms with E-state index in [9.17, 15) is 0 Å².